The molecule has 8 heteroatoms. The number of ether oxygens (including phenoxy) is 1. The van der Waals surface area contributed by atoms with Crippen molar-refractivity contribution < 1.29 is 23.5 Å². The molecule has 0 aromatic heterocycles. The van der Waals surface area contributed by atoms with E-state index in [9.17, 15) is 18.9 Å². The second-order valence-corrected chi connectivity index (χ2v) is 3.54. The van der Waals surface area contributed by atoms with E-state index in [1.165, 1.54) is 6.07 Å². The maximum atomic E-state index is 12.2. The molecule has 100 valence electrons. The van der Waals surface area contributed by atoms with Gasteiger partial charge in [-0.05, 0) is 13.0 Å². The van der Waals surface area contributed by atoms with E-state index in [1.54, 1.807) is 6.92 Å². The van der Waals surface area contributed by atoms with Gasteiger partial charge >= 0.3 is 6.61 Å². The number of nitrogens with zero attached hydrogens (tertiary/aromatic N) is 1. The molecular formula is C10H12F2N2O4. The first kappa shape index (κ1) is 14.1. The third-order valence-electron chi connectivity index (χ3n) is 2.07. The Balaban J connectivity index is 3.04. The molecule has 0 aliphatic rings. The number of anilines is 1. The number of nitro groups is 1. The smallest absolute Gasteiger partial charge is 0.387 e. The largest absolute Gasteiger partial charge is 0.432 e. The predicted molar refractivity (Wildman–Crippen MR) is 59.9 cm³/mol. The number of alkyl halides is 2. The van der Waals surface area contributed by atoms with Gasteiger partial charge < -0.3 is 15.2 Å². The fraction of sp³-hybridized carbons (Fsp3) is 0.400. The average molecular weight is 262 g/mol. The number of nitro benzene ring substituents is 1. The van der Waals surface area contributed by atoms with Gasteiger partial charge in [0, 0.05) is 12.1 Å². The van der Waals surface area contributed by atoms with Crippen molar-refractivity contribution >= 4 is 11.4 Å². The van der Waals surface area contributed by atoms with Gasteiger partial charge in [0.25, 0.3) is 5.69 Å². The maximum absolute atomic E-state index is 12.2. The minimum Gasteiger partial charge on any atom is -0.432 e. The van der Waals surface area contributed by atoms with Crippen LogP contribution in [0.4, 0.5) is 20.2 Å². The highest BCUT2D eigenvalue weighted by molar-refractivity contribution is 5.61. The van der Waals surface area contributed by atoms with Gasteiger partial charge in [0.15, 0.2) is 5.75 Å². The molecule has 0 amide bonds. The van der Waals surface area contributed by atoms with Crippen molar-refractivity contribution in [3.63, 3.8) is 0 Å². The normalized spacial score (nSPS) is 12.3. The SMILES string of the molecule is CC(CO)Nc1ccc([N+](=O)[O-])cc1OC(F)F. The zero-order valence-electron chi connectivity index (χ0n) is 9.47. The molecule has 1 unspecified atom stereocenters. The van der Waals surface area contributed by atoms with Crippen molar-refractivity contribution in [2.45, 2.75) is 19.6 Å². The molecule has 0 spiro atoms. The van der Waals surface area contributed by atoms with Crippen LogP contribution in [0.1, 0.15) is 6.92 Å². The van der Waals surface area contributed by atoms with Crippen LogP contribution in [0.15, 0.2) is 18.2 Å². The van der Waals surface area contributed by atoms with Crippen molar-refractivity contribution in [3.8, 4) is 5.75 Å². The van der Waals surface area contributed by atoms with Crippen molar-refractivity contribution in [2.24, 2.45) is 0 Å². The molecule has 1 aromatic carbocycles. The minimum atomic E-state index is -3.09. The molecule has 1 aromatic rings. The van der Waals surface area contributed by atoms with Crippen molar-refractivity contribution in [1.82, 2.24) is 0 Å². The summed E-state index contributed by atoms with van der Waals surface area (Å²) in [5.74, 6) is -0.334. The molecule has 1 rings (SSSR count). The van der Waals surface area contributed by atoms with E-state index in [2.05, 4.69) is 10.1 Å². The van der Waals surface area contributed by atoms with Gasteiger partial charge in [0.2, 0.25) is 0 Å². The van der Waals surface area contributed by atoms with Crippen LogP contribution >= 0.6 is 0 Å². The van der Waals surface area contributed by atoms with Crippen molar-refractivity contribution in [3.05, 3.63) is 28.3 Å². The molecule has 0 aliphatic heterocycles. The Bertz CT molecular complexity index is 428. The molecule has 0 aliphatic carbocycles. The molecule has 0 radical (unpaired) electrons. The number of halogens is 2. The number of aliphatic hydroxyl groups is 1. The number of aliphatic hydroxyl groups excluding tert-OH is 1. The summed E-state index contributed by atoms with van der Waals surface area (Å²) in [6.45, 7) is -1.68. The Labute approximate surface area is 101 Å². The van der Waals surface area contributed by atoms with E-state index in [1.807, 2.05) is 0 Å². The Morgan fingerprint density at radius 1 is 1.56 bits per heavy atom. The maximum Gasteiger partial charge on any atom is 0.387 e. The molecule has 0 saturated carbocycles. The van der Waals surface area contributed by atoms with Gasteiger partial charge in [0.1, 0.15) is 0 Å². The summed E-state index contributed by atoms with van der Waals surface area (Å²) in [4.78, 5) is 9.82. The Hall–Kier alpha value is -1.96. The molecular weight excluding hydrogens is 250 g/mol. The topological polar surface area (TPSA) is 84.6 Å². The highest BCUT2D eigenvalue weighted by Crippen LogP contribution is 2.31. The monoisotopic (exact) mass is 262 g/mol. The third kappa shape index (κ3) is 3.81. The van der Waals surface area contributed by atoms with E-state index < -0.39 is 17.6 Å². The van der Waals surface area contributed by atoms with Crippen LogP contribution in [-0.2, 0) is 0 Å². The Kier molecular flexibility index (Phi) is 4.78. The van der Waals surface area contributed by atoms with Crippen LogP contribution in [-0.4, -0.2) is 29.3 Å². The fourth-order valence-corrected chi connectivity index (χ4v) is 1.25. The lowest BCUT2D eigenvalue weighted by atomic mass is 10.2. The minimum absolute atomic E-state index is 0.155. The quantitative estimate of drug-likeness (QED) is 0.605. The summed E-state index contributed by atoms with van der Waals surface area (Å²) >= 11 is 0. The van der Waals surface area contributed by atoms with Gasteiger partial charge in [-0.25, -0.2) is 0 Å². The number of rotatable bonds is 6. The fourth-order valence-electron chi connectivity index (χ4n) is 1.25. The summed E-state index contributed by atoms with van der Waals surface area (Å²) in [7, 11) is 0. The summed E-state index contributed by atoms with van der Waals surface area (Å²) in [5.41, 5.74) is -0.199. The number of non-ortho nitro benzene ring substituents is 1. The third-order valence-corrected chi connectivity index (χ3v) is 2.07. The number of hydrogen-bond donors (Lipinski definition) is 2. The summed E-state index contributed by atoms with van der Waals surface area (Å²) in [5, 5.41) is 22.1. The van der Waals surface area contributed by atoms with Crippen molar-refractivity contribution in [2.75, 3.05) is 11.9 Å². The highest BCUT2D eigenvalue weighted by Gasteiger charge is 2.16. The molecule has 0 saturated heterocycles. The summed E-state index contributed by atoms with van der Waals surface area (Å²) in [6.07, 6.45) is 0. The number of hydrogen-bond acceptors (Lipinski definition) is 5. The van der Waals surface area contributed by atoms with Gasteiger partial charge in [-0.1, -0.05) is 0 Å². The van der Waals surface area contributed by atoms with E-state index >= 15 is 0 Å². The summed E-state index contributed by atoms with van der Waals surface area (Å²) < 4.78 is 28.6. The van der Waals surface area contributed by atoms with Crippen LogP contribution in [0.2, 0.25) is 0 Å². The second-order valence-electron chi connectivity index (χ2n) is 3.54. The molecule has 0 bridgehead atoms. The first-order valence-electron chi connectivity index (χ1n) is 5.04. The van der Waals surface area contributed by atoms with Gasteiger partial charge in [-0.15, -0.1) is 0 Å². The Morgan fingerprint density at radius 2 is 2.22 bits per heavy atom. The molecule has 1 atom stereocenters. The van der Waals surface area contributed by atoms with Crippen LogP contribution < -0.4 is 10.1 Å². The molecule has 2 N–H and O–H groups in total. The van der Waals surface area contributed by atoms with E-state index in [-0.39, 0.29) is 23.7 Å². The molecule has 6 nitrogen and oxygen atoms in total. The van der Waals surface area contributed by atoms with Crippen LogP contribution in [0.5, 0.6) is 5.75 Å². The highest BCUT2D eigenvalue weighted by atomic mass is 19.3. The lowest BCUT2D eigenvalue weighted by Gasteiger charge is -2.16. The predicted octanol–water partition coefficient (Wildman–Crippen LogP) is 1.99. The van der Waals surface area contributed by atoms with Gasteiger partial charge in [0.05, 0.1) is 23.3 Å². The van der Waals surface area contributed by atoms with Crippen LogP contribution in [0.25, 0.3) is 0 Å². The lowest BCUT2D eigenvalue weighted by molar-refractivity contribution is -0.385. The van der Waals surface area contributed by atoms with Gasteiger partial charge in [-0.3, -0.25) is 10.1 Å². The van der Waals surface area contributed by atoms with Crippen LogP contribution in [0, 0.1) is 10.1 Å². The molecule has 18 heavy (non-hydrogen) atoms. The molecule has 0 heterocycles. The van der Waals surface area contributed by atoms with Gasteiger partial charge in [-0.2, -0.15) is 8.78 Å². The van der Waals surface area contributed by atoms with E-state index in [4.69, 9.17) is 5.11 Å². The zero-order valence-corrected chi connectivity index (χ0v) is 9.47. The average Bonchev–Trinajstić information content (AvgIpc) is 2.30. The zero-order chi connectivity index (χ0) is 13.7. The first-order valence-corrected chi connectivity index (χ1v) is 5.04. The van der Waals surface area contributed by atoms with Crippen molar-refractivity contribution in [1.29, 1.82) is 0 Å². The van der Waals surface area contributed by atoms with Crippen LogP contribution in [0.3, 0.4) is 0 Å². The van der Waals surface area contributed by atoms with E-state index in [0.29, 0.717) is 0 Å². The molecule has 0 fully saturated rings. The lowest BCUT2D eigenvalue weighted by Crippen LogP contribution is -2.20. The second kappa shape index (κ2) is 6.10. The standard InChI is InChI=1S/C10H12F2N2O4/c1-6(5-15)13-8-3-2-7(14(16)17)4-9(8)18-10(11)12/h2-4,6,10,13,15H,5H2,1H3. The Morgan fingerprint density at radius 3 is 2.72 bits per heavy atom. The number of nitrogens with one attached hydrogen (secondary N) is 1. The first-order chi connectivity index (χ1) is 8.43. The number of benzene rings is 1. The van der Waals surface area contributed by atoms with E-state index in [0.717, 1.165) is 12.1 Å². The summed E-state index contributed by atoms with van der Waals surface area (Å²) in [6, 6.07) is 2.91.